The molecule has 1 fully saturated rings. The third-order valence-electron chi connectivity index (χ3n) is 3.48. The number of nitrogens with one attached hydrogen (secondary N) is 2. The van der Waals surface area contributed by atoms with Gasteiger partial charge in [0.25, 0.3) is 0 Å². The lowest BCUT2D eigenvalue weighted by atomic mass is 10.0. The minimum absolute atomic E-state index is 0.208. The summed E-state index contributed by atoms with van der Waals surface area (Å²) in [5.74, 6) is 0.208. The molecule has 0 radical (unpaired) electrons. The normalized spacial score (nSPS) is 22.1. The zero-order valence-corrected chi connectivity index (χ0v) is 10.1. The maximum absolute atomic E-state index is 12.0. The average molecular weight is 230 g/mol. The summed E-state index contributed by atoms with van der Waals surface area (Å²) < 4.78 is 0. The quantitative estimate of drug-likeness (QED) is 0.777. The van der Waals surface area contributed by atoms with Crippen LogP contribution in [0.3, 0.4) is 0 Å². The van der Waals surface area contributed by atoms with E-state index >= 15 is 0 Å². The van der Waals surface area contributed by atoms with Gasteiger partial charge in [-0.25, -0.2) is 0 Å². The van der Waals surface area contributed by atoms with Crippen LogP contribution in [0.5, 0.6) is 0 Å². The van der Waals surface area contributed by atoms with Crippen molar-refractivity contribution in [1.82, 2.24) is 5.32 Å². The van der Waals surface area contributed by atoms with Gasteiger partial charge in [-0.15, -0.1) is 0 Å². The van der Waals surface area contributed by atoms with Gasteiger partial charge in [-0.1, -0.05) is 0 Å². The SMILES string of the molecule is CC1Cc2cc(C(=O)CNC3CC3)ccc2N1. The van der Waals surface area contributed by atoms with Gasteiger partial charge in [0, 0.05) is 23.3 Å². The van der Waals surface area contributed by atoms with E-state index in [0.717, 1.165) is 12.0 Å². The monoisotopic (exact) mass is 230 g/mol. The summed E-state index contributed by atoms with van der Waals surface area (Å²) in [5, 5.41) is 6.66. The Kier molecular flexibility index (Phi) is 2.63. The average Bonchev–Trinajstić information content (AvgIpc) is 3.06. The Balaban J connectivity index is 1.70. The van der Waals surface area contributed by atoms with Gasteiger partial charge in [-0.2, -0.15) is 0 Å². The fraction of sp³-hybridized carbons (Fsp3) is 0.500. The first-order valence-electron chi connectivity index (χ1n) is 6.38. The Morgan fingerprint density at radius 2 is 2.29 bits per heavy atom. The van der Waals surface area contributed by atoms with Crippen LogP contribution in [-0.2, 0) is 6.42 Å². The smallest absolute Gasteiger partial charge is 0.176 e. The molecule has 2 aliphatic rings. The van der Waals surface area contributed by atoms with Crippen molar-refractivity contribution in [2.75, 3.05) is 11.9 Å². The molecule has 1 aromatic rings. The van der Waals surface area contributed by atoms with E-state index in [1.165, 1.54) is 24.1 Å². The molecule has 1 saturated carbocycles. The molecule has 0 aromatic heterocycles. The second kappa shape index (κ2) is 4.15. The minimum atomic E-state index is 0.208. The maximum atomic E-state index is 12.0. The molecule has 2 N–H and O–H groups in total. The van der Waals surface area contributed by atoms with Crippen molar-refractivity contribution in [3.63, 3.8) is 0 Å². The van der Waals surface area contributed by atoms with Crippen molar-refractivity contribution in [3.05, 3.63) is 29.3 Å². The molecule has 3 nitrogen and oxygen atoms in total. The van der Waals surface area contributed by atoms with Crippen LogP contribution in [0.4, 0.5) is 5.69 Å². The predicted octanol–water partition coefficient (Wildman–Crippen LogP) is 1.98. The van der Waals surface area contributed by atoms with Crippen LogP contribution in [0.2, 0.25) is 0 Å². The molecule has 3 rings (SSSR count). The van der Waals surface area contributed by atoms with E-state index in [1.807, 2.05) is 18.2 Å². The van der Waals surface area contributed by atoms with Gasteiger partial charge in [0.1, 0.15) is 0 Å². The van der Waals surface area contributed by atoms with E-state index in [-0.39, 0.29) is 5.78 Å². The number of anilines is 1. The lowest BCUT2D eigenvalue weighted by Crippen LogP contribution is -2.24. The molecule has 17 heavy (non-hydrogen) atoms. The molecule has 1 atom stereocenters. The fourth-order valence-corrected chi connectivity index (χ4v) is 2.35. The van der Waals surface area contributed by atoms with Gasteiger partial charge in [0.2, 0.25) is 0 Å². The first-order valence-corrected chi connectivity index (χ1v) is 6.38. The summed E-state index contributed by atoms with van der Waals surface area (Å²) in [6.45, 7) is 2.64. The van der Waals surface area contributed by atoms with Crippen molar-refractivity contribution in [2.24, 2.45) is 0 Å². The predicted molar refractivity (Wildman–Crippen MR) is 68.6 cm³/mol. The van der Waals surface area contributed by atoms with Gasteiger partial charge < -0.3 is 10.6 Å². The van der Waals surface area contributed by atoms with E-state index in [9.17, 15) is 4.79 Å². The molecule has 3 heteroatoms. The summed E-state index contributed by atoms with van der Waals surface area (Å²) in [4.78, 5) is 12.0. The van der Waals surface area contributed by atoms with Crippen molar-refractivity contribution in [2.45, 2.75) is 38.3 Å². The first kappa shape index (κ1) is 10.8. The van der Waals surface area contributed by atoms with E-state index in [1.54, 1.807) is 0 Å². The number of fused-ring (bicyclic) bond motifs is 1. The van der Waals surface area contributed by atoms with Gasteiger partial charge in [-0.05, 0) is 49.9 Å². The second-order valence-corrected chi connectivity index (χ2v) is 5.20. The van der Waals surface area contributed by atoms with Gasteiger partial charge in [0.05, 0.1) is 6.54 Å². The van der Waals surface area contributed by atoms with Crippen LogP contribution < -0.4 is 10.6 Å². The van der Waals surface area contributed by atoms with Crippen molar-refractivity contribution in [1.29, 1.82) is 0 Å². The lowest BCUT2D eigenvalue weighted by molar-refractivity contribution is 0.0990. The topological polar surface area (TPSA) is 41.1 Å². The molecule has 1 heterocycles. The van der Waals surface area contributed by atoms with E-state index in [0.29, 0.717) is 18.6 Å². The highest BCUT2D eigenvalue weighted by atomic mass is 16.1. The molecule has 0 amide bonds. The Bertz CT molecular complexity index is 452. The van der Waals surface area contributed by atoms with Crippen LogP contribution in [0.25, 0.3) is 0 Å². The number of ketones is 1. The van der Waals surface area contributed by atoms with E-state index in [4.69, 9.17) is 0 Å². The molecular formula is C14H18N2O. The molecule has 1 unspecified atom stereocenters. The lowest BCUT2D eigenvalue weighted by Gasteiger charge is -2.05. The van der Waals surface area contributed by atoms with Crippen LogP contribution in [0, 0.1) is 0 Å². The number of carbonyl (C=O) groups is 1. The summed E-state index contributed by atoms with van der Waals surface area (Å²) in [6.07, 6.45) is 3.46. The number of hydrogen-bond acceptors (Lipinski definition) is 3. The summed E-state index contributed by atoms with van der Waals surface area (Å²) >= 11 is 0. The highest BCUT2D eigenvalue weighted by Crippen LogP contribution is 2.26. The van der Waals surface area contributed by atoms with Crippen LogP contribution >= 0.6 is 0 Å². The van der Waals surface area contributed by atoms with E-state index < -0.39 is 0 Å². The first-order chi connectivity index (χ1) is 8.22. The highest BCUT2D eigenvalue weighted by molar-refractivity contribution is 5.98. The fourth-order valence-electron chi connectivity index (χ4n) is 2.35. The molecule has 1 aromatic carbocycles. The third kappa shape index (κ3) is 2.34. The largest absolute Gasteiger partial charge is 0.382 e. The molecule has 0 spiro atoms. The highest BCUT2D eigenvalue weighted by Gasteiger charge is 2.22. The van der Waals surface area contributed by atoms with Gasteiger partial charge >= 0.3 is 0 Å². The summed E-state index contributed by atoms with van der Waals surface area (Å²) in [5.41, 5.74) is 3.30. The zero-order valence-electron chi connectivity index (χ0n) is 10.1. The van der Waals surface area contributed by atoms with Crippen LogP contribution in [0.15, 0.2) is 18.2 Å². The van der Waals surface area contributed by atoms with Gasteiger partial charge in [-0.3, -0.25) is 4.79 Å². The summed E-state index contributed by atoms with van der Waals surface area (Å²) in [7, 11) is 0. The van der Waals surface area contributed by atoms with Crippen LogP contribution in [0.1, 0.15) is 35.7 Å². The Morgan fingerprint density at radius 3 is 3.06 bits per heavy atom. The molecular weight excluding hydrogens is 212 g/mol. The Hall–Kier alpha value is -1.35. The molecule has 1 aliphatic carbocycles. The number of hydrogen-bond donors (Lipinski definition) is 2. The van der Waals surface area contributed by atoms with Gasteiger partial charge in [0.15, 0.2) is 5.78 Å². The number of Topliss-reactive ketones (excluding diaryl/α,β-unsaturated/α-hetero) is 1. The Morgan fingerprint density at radius 1 is 1.47 bits per heavy atom. The maximum Gasteiger partial charge on any atom is 0.176 e. The van der Waals surface area contributed by atoms with Crippen molar-refractivity contribution < 1.29 is 4.79 Å². The third-order valence-corrected chi connectivity index (χ3v) is 3.48. The molecule has 0 saturated heterocycles. The number of carbonyl (C=O) groups excluding carboxylic acids is 1. The second-order valence-electron chi connectivity index (χ2n) is 5.20. The minimum Gasteiger partial charge on any atom is -0.382 e. The number of rotatable bonds is 4. The van der Waals surface area contributed by atoms with Crippen LogP contribution in [-0.4, -0.2) is 24.4 Å². The van der Waals surface area contributed by atoms with Crippen molar-refractivity contribution >= 4 is 11.5 Å². The standard InChI is InChI=1S/C14H18N2O/c1-9-6-11-7-10(2-5-13(11)16-9)14(17)8-15-12-3-4-12/h2,5,7,9,12,15-16H,3-4,6,8H2,1H3. The Labute approximate surface area is 102 Å². The van der Waals surface area contributed by atoms with Crippen molar-refractivity contribution in [3.8, 4) is 0 Å². The molecule has 1 aliphatic heterocycles. The summed E-state index contributed by atoms with van der Waals surface area (Å²) in [6, 6.07) is 7.09. The number of benzene rings is 1. The molecule has 0 bridgehead atoms. The molecule has 90 valence electrons. The van der Waals surface area contributed by atoms with E-state index in [2.05, 4.69) is 17.6 Å². The zero-order chi connectivity index (χ0) is 11.8.